The topological polar surface area (TPSA) is 137 Å². The molecule has 0 aliphatic heterocycles. The van der Waals surface area contributed by atoms with Gasteiger partial charge in [-0.1, -0.05) is 49.7 Å². The minimum atomic E-state index is -4.84. The number of hydrogen-bond acceptors (Lipinski definition) is 7. The van der Waals surface area contributed by atoms with Crippen LogP contribution in [-0.4, -0.2) is 43.0 Å². The molecule has 220 valence electrons. The number of rotatable bonds is 10. The lowest BCUT2D eigenvalue weighted by Crippen LogP contribution is -2.35. The van der Waals surface area contributed by atoms with E-state index in [9.17, 15) is 25.4 Å². The molecule has 0 saturated heterocycles. The third-order valence-corrected chi connectivity index (χ3v) is 7.49. The van der Waals surface area contributed by atoms with Crippen molar-refractivity contribution >= 4 is 36.0 Å². The van der Waals surface area contributed by atoms with Crippen LogP contribution < -0.4 is 4.90 Å². The third-order valence-electron chi connectivity index (χ3n) is 6.75. The predicted molar refractivity (Wildman–Crippen MR) is 157 cm³/mol. The minimum absolute atomic E-state index is 0.0616. The van der Waals surface area contributed by atoms with Gasteiger partial charge in [0, 0.05) is 31.6 Å². The van der Waals surface area contributed by atoms with Crippen molar-refractivity contribution in [2.75, 3.05) is 18.2 Å². The number of phosphoric acid groups is 1. The van der Waals surface area contributed by atoms with E-state index in [1.165, 1.54) is 18.3 Å². The van der Waals surface area contributed by atoms with Crippen LogP contribution in [0.4, 0.5) is 10.1 Å². The lowest BCUT2D eigenvalue weighted by molar-refractivity contribution is 0.191. The second kappa shape index (κ2) is 11.7. The molecule has 2 heterocycles. The zero-order valence-electron chi connectivity index (χ0n) is 24.3. The Morgan fingerprint density at radius 1 is 1.31 bits per heavy atom. The molecule has 4 aromatic rings. The highest BCUT2D eigenvalue weighted by Crippen LogP contribution is 2.41. The SMILES string of the molecule is [2H][C@@](Cc1cc(Cl)c2ncc(C#N)c(N(COP(=O)(O)O)CC(C)(C)C)c2c1)(c1ccc(F)cc1)c1cn(C2CC2)nn1. The molecule has 1 atom stereocenters. The van der Waals surface area contributed by atoms with Crippen molar-refractivity contribution in [2.45, 2.75) is 52.0 Å². The smallest absolute Gasteiger partial charge is 0.346 e. The molecule has 2 aromatic heterocycles. The van der Waals surface area contributed by atoms with E-state index in [0.717, 1.165) is 12.8 Å². The van der Waals surface area contributed by atoms with E-state index in [-0.39, 0.29) is 35.0 Å². The van der Waals surface area contributed by atoms with E-state index in [2.05, 4.69) is 21.4 Å². The van der Waals surface area contributed by atoms with Crippen LogP contribution in [0, 0.1) is 22.6 Å². The minimum Gasteiger partial charge on any atom is -0.346 e. The van der Waals surface area contributed by atoms with Crippen LogP contribution in [-0.2, 0) is 15.5 Å². The molecule has 5 rings (SSSR count). The number of halogens is 2. The molecule has 13 heteroatoms. The molecule has 10 nitrogen and oxygen atoms in total. The van der Waals surface area contributed by atoms with Gasteiger partial charge in [-0.2, -0.15) is 5.26 Å². The van der Waals surface area contributed by atoms with Crippen LogP contribution in [0.1, 0.15) is 69.3 Å². The maximum atomic E-state index is 13.9. The van der Waals surface area contributed by atoms with Crippen molar-refractivity contribution in [1.82, 2.24) is 20.0 Å². The Labute approximate surface area is 249 Å². The molecule has 0 amide bonds. The summed E-state index contributed by atoms with van der Waals surface area (Å²) in [5.41, 5.74) is 1.99. The predicted octanol–water partition coefficient (Wildman–Crippen LogP) is 6.12. The molecule has 0 bridgehead atoms. The molecular weight excluding hydrogens is 582 g/mol. The number of hydrogen-bond donors (Lipinski definition) is 2. The molecule has 0 spiro atoms. The summed E-state index contributed by atoms with van der Waals surface area (Å²) in [6.45, 7) is 5.59. The number of anilines is 1. The molecule has 1 saturated carbocycles. The van der Waals surface area contributed by atoms with E-state index in [1.54, 1.807) is 40.0 Å². The first-order valence-electron chi connectivity index (χ1n) is 13.8. The highest BCUT2D eigenvalue weighted by molar-refractivity contribution is 7.46. The monoisotopic (exact) mass is 613 g/mol. The molecule has 1 aliphatic carbocycles. The highest BCUT2D eigenvalue weighted by atomic mass is 35.5. The third kappa shape index (κ3) is 7.14. The first kappa shape index (κ1) is 28.7. The van der Waals surface area contributed by atoms with Gasteiger partial charge in [0.15, 0.2) is 0 Å². The largest absolute Gasteiger partial charge is 0.471 e. The van der Waals surface area contributed by atoms with Crippen molar-refractivity contribution in [2.24, 2.45) is 5.41 Å². The molecular formula is C29H31ClFN6O4P. The number of pyridine rings is 1. The van der Waals surface area contributed by atoms with Crippen LogP contribution in [0.5, 0.6) is 0 Å². The van der Waals surface area contributed by atoms with Gasteiger partial charge in [0.2, 0.25) is 0 Å². The molecule has 2 aromatic carbocycles. The van der Waals surface area contributed by atoms with Gasteiger partial charge >= 0.3 is 7.82 Å². The molecule has 42 heavy (non-hydrogen) atoms. The van der Waals surface area contributed by atoms with Gasteiger partial charge in [0.1, 0.15) is 18.6 Å². The van der Waals surface area contributed by atoms with Crippen LogP contribution in [0.15, 0.2) is 48.8 Å². The van der Waals surface area contributed by atoms with Crippen LogP contribution >= 0.6 is 19.4 Å². The fraction of sp³-hybridized carbons (Fsp3) is 0.379. The molecule has 0 unspecified atom stereocenters. The Morgan fingerprint density at radius 2 is 2.02 bits per heavy atom. The summed E-state index contributed by atoms with van der Waals surface area (Å²) in [7, 11) is -4.84. The zero-order valence-corrected chi connectivity index (χ0v) is 25.0. The molecule has 2 N–H and O–H groups in total. The number of fused-ring (bicyclic) bond motifs is 1. The Hall–Kier alpha value is -3.39. The summed E-state index contributed by atoms with van der Waals surface area (Å²) in [6.07, 6.45) is 5.14. The lowest BCUT2D eigenvalue weighted by Gasteiger charge is -2.33. The maximum Gasteiger partial charge on any atom is 0.471 e. The van der Waals surface area contributed by atoms with E-state index in [4.69, 9.17) is 16.1 Å². The second-order valence-electron chi connectivity index (χ2n) is 11.6. The number of phosphoric ester groups is 1. The summed E-state index contributed by atoms with van der Waals surface area (Å²) in [5, 5.41) is 19.3. The van der Waals surface area contributed by atoms with Gasteiger partial charge < -0.3 is 14.7 Å². The Kier molecular flexibility index (Phi) is 8.01. The van der Waals surface area contributed by atoms with Gasteiger partial charge in [0.25, 0.3) is 0 Å². The van der Waals surface area contributed by atoms with Gasteiger partial charge in [-0.05, 0) is 60.1 Å². The van der Waals surface area contributed by atoms with E-state index in [1.807, 2.05) is 20.8 Å². The Morgan fingerprint density at radius 3 is 2.64 bits per heavy atom. The van der Waals surface area contributed by atoms with Crippen LogP contribution in [0.3, 0.4) is 0 Å². The number of nitriles is 1. The van der Waals surface area contributed by atoms with Crippen molar-refractivity contribution < 1.29 is 24.6 Å². The van der Waals surface area contributed by atoms with Crippen LogP contribution in [0.25, 0.3) is 10.9 Å². The first-order chi connectivity index (χ1) is 20.2. The standard InChI is InChI=1S/C29H31ClFN6O4P/c1-29(2,3)16-36(17-41-42(38,39)40)28-20(13-32)14-33-27-24(28)11-18(12-25(27)30)10-23(19-4-6-21(31)7-5-19)26-15-37(35-34-26)22-8-9-22/h4-7,11-12,14-15,22-23H,8-10,16-17H2,1-3H3,(H2,38,39,40)/t23-/m1/s1/i23D. The van der Waals surface area contributed by atoms with Crippen molar-refractivity contribution in [3.05, 3.63) is 82.0 Å². The fourth-order valence-electron chi connectivity index (χ4n) is 4.86. The molecule has 0 radical (unpaired) electrons. The molecule has 1 aliphatic rings. The number of benzene rings is 2. The zero-order chi connectivity index (χ0) is 31.2. The van der Waals surface area contributed by atoms with Crippen LogP contribution in [0.2, 0.25) is 5.02 Å². The van der Waals surface area contributed by atoms with Gasteiger partial charge in [-0.25, -0.2) is 13.6 Å². The van der Waals surface area contributed by atoms with Gasteiger partial charge in [0.05, 0.1) is 33.5 Å². The summed E-state index contributed by atoms with van der Waals surface area (Å²) in [5.74, 6) is -1.91. The highest BCUT2D eigenvalue weighted by Gasteiger charge is 2.29. The normalized spacial score (nSPS) is 15.7. The fourth-order valence-corrected chi connectivity index (χ4v) is 5.44. The summed E-state index contributed by atoms with van der Waals surface area (Å²) < 4.78 is 41.8. The maximum absolute atomic E-state index is 13.9. The van der Waals surface area contributed by atoms with Gasteiger partial charge in [-0.3, -0.25) is 9.51 Å². The van der Waals surface area contributed by atoms with Gasteiger partial charge in [-0.15, -0.1) is 5.10 Å². The van der Waals surface area contributed by atoms with Crippen molar-refractivity contribution in [3.63, 3.8) is 0 Å². The lowest BCUT2D eigenvalue weighted by atomic mass is 9.89. The first-order valence-corrected chi connectivity index (χ1v) is 15.2. The summed E-state index contributed by atoms with van der Waals surface area (Å²) in [4.78, 5) is 24.9. The summed E-state index contributed by atoms with van der Waals surface area (Å²) in [6, 6.07) is 11.5. The van der Waals surface area contributed by atoms with E-state index in [0.29, 0.717) is 33.4 Å². The Balaban J connectivity index is 1.66. The number of nitrogens with zero attached hydrogens (tertiary/aromatic N) is 6. The molecule has 1 fully saturated rings. The Bertz CT molecular complexity index is 1750. The van der Waals surface area contributed by atoms with E-state index < -0.39 is 26.3 Å². The summed E-state index contributed by atoms with van der Waals surface area (Å²) >= 11 is 6.75. The second-order valence-corrected chi connectivity index (χ2v) is 13.2. The average Bonchev–Trinajstić information content (AvgIpc) is 3.65. The van der Waals surface area contributed by atoms with E-state index >= 15 is 0 Å². The quantitative estimate of drug-likeness (QED) is 0.160. The average molecular weight is 614 g/mol. The van der Waals surface area contributed by atoms with Crippen molar-refractivity contribution in [1.29, 1.82) is 5.26 Å². The van der Waals surface area contributed by atoms with Crippen molar-refractivity contribution in [3.8, 4) is 6.07 Å². The number of aromatic nitrogens is 4.